The van der Waals surface area contributed by atoms with Crippen molar-refractivity contribution in [2.75, 3.05) is 19.5 Å². The van der Waals surface area contributed by atoms with Crippen molar-refractivity contribution in [1.82, 2.24) is 5.01 Å². The van der Waals surface area contributed by atoms with Crippen LogP contribution in [0.15, 0.2) is 34.5 Å². The fourth-order valence-electron chi connectivity index (χ4n) is 1.54. The first-order valence-corrected chi connectivity index (χ1v) is 6.13. The van der Waals surface area contributed by atoms with Gasteiger partial charge in [-0.1, -0.05) is 0 Å². The summed E-state index contributed by atoms with van der Waals surface area (Å²) in [5.74, 6) is -0.229. The summed E-state index contributed by atoms with van der Waals surface area (Å²) in [5, 5.41) is 20.2. The van der Waals surface area contributed by atoms with Gasteiger partial charge in [-0.25, -0.2) is 0 Å². The molecule has 1 aromatic carbocycles. The smallest absolute Gasteiger partial charge is 0.269 e. The summed E-state index contributed by atoms with van der Waals surface area (Å²) in [6.45, 7) is 3.07. The van der Waals surface area contributed by atoms with Gasteiger partial charge in [0, 0.05) is 33.2 Å². The fourth-order valence-corrected chi connectivity index (χ4v) is 1.54. The molecule has 1 aromatic rings. The third kappa shape index (κ3) is 5.01. The standard InChI is InChI=1S/C13H17N5O3/c1-9(16-17(3)4)13(10(2)19)15-14-11-5-7-12(8-6-11)18(20)21/h5-8,14H,1-4H3/b15-13+,16-9?. The van der Waals surface area contributed by atoms with Gasteiger partial charge < -0.3 is 5.01 Å². The zero-order chi connectivity index (χ0) is 16.0. The lowest BCUT2D eigenvalue weighted by Gasteiger charge is -2.08. The van der Waals surface area contributed by atoms with Gasteiger partial charge in [0.15, 0.2) is 5.78 Å². The van der Waals surface area contributed by atoms with Crippen LogP contribution in [-0.2, 0) is 4.79 Å². The second-order valence-electron chi connectivity index (χ2n) is 4.47. The predicted octanol–water partition coefficient (Wildman–Crippen LogP) is 1.89. The van der Waals surface area contributed by atoms with Crippen molar-refractivity contribution < 1.29 is 9.72 Å². The molecule has 0 heterocycles. The molecule has 0 bridgehead atoms. The van der Waals surface area contributed by atoms with Crippen LogP contribution >= 0.6 is 0 Å². The van der Waals surface area contributed by atoms with Crippen molar-refractivity contribution in [1.29, 1.82) is 0 Å². The van der Waals surface area contributed by atoms with Crippen LogP contribution in [0, 0.1) is 10.1 Å². The van der Waals surface area contributed by atoms with Gasteiger partial charge >= 0.3 is 0 Å². The highest BCUT2D eigenvalue weighted by molar-refractivity contribution is 6.66. The maximum Gasteiger partial charge on any atom is 0.269 e. The summed E-state index contributed by atoms with van der Waals surface area (Å²) in [6, 6.07) is 5.73. The Bertz CT molecular complexity index is 590. The van der Waals surface area contributed by atoms with Crippen molar-refractivity contribution in [3.63, 3.8) is 0 Å². The largest absolute Gasteiger partial charge is 0.303 e. The number of nitrogens with zero attached hydrogens (tertiary/aromatic N) is 4. The van der Waals surface area contributed by atoms with E-state index in [0.29, 0.717) is 11.4 Å². The van der Waals surface area contributed by atoms with E-state index in [2.05, 4.69) is 15.6 Å². The fraction of sp³-hybridized carbons (Fsp3) is 0.308. The van der Waals surface area contributed by atoms with Crippen molar-refractivity contribution in [3.05, 3.63) is 34.4 Å². The first-order chi connectivity index (χ1) is 9.81. The SMILES string of the molecule is CC(=O)/C(=N/Nc1ccc([N+](=O)[O-])cc1)C(C)=NN(C)C. The number of ketones is 1. The maximum absolute atomic E-state index is 11.6. The van der Waals surface area contributed by atoms with Crippen molar-refractivity contribution in [2.24, 2.45) is 10.2 Å². The number of hydrogen-bond acceptors (Lipinski definition) is 7. The molecule has 0 amide bonds. The average Bonchev–Trinajstić information content (AvgIpc) is 2.38. The van der Waals surface area contributed by atoms with Crippen LogP contribution in [0.4, 0.5) is 11.4 Å². The number of non-ortho nitro benzene ring substituents is 1. The average molecular weight is 291 g/mol. The normalized spacial score (nSPS) is 12.0. The number of carbonyl (C=O) groups is 1. The number of carbonyl (C=O) groups excluding carboxylic acids is 1. The quantitative estimate of drug-likeness (QED) is 0.490. The van der Waals surface area contributed by atoms with Crippen molar-refractivity contribution >= 4 is 28.6 Å². The van der Waals surface area contributed by atoms with Gasteiger partial charge in [-0.05, 0) is 19.1 Å². The van der Waals surface area contributed by atoms with E-state index in [9.17, 15) is 14.9 Å². The Kier molecular flexibility index (Phi) is 5.53. The molecule has 0 aliphatic carbocycles. The van der Waals surface area contributed by atoms with E-state index in [0.717, 1.165) is 0 Å². The molecule has 0 aliphatic heterocycles. The van der Waals surface area contributed by atoms with E-state index in [-0.39, 0.29) is 17.2 Å². The zero-order valence-corrected chi connectivity index (χ0v) is 12.3. The van der Waals surface area contributed by atoms with Crippen LogP contribution in [0.2, 0.25) is 0 Å². The lowest BCUT2D eigenvalue weighted by Crippen LogP contribution is -2.23. The van der Waals surface area contributed by atoms with E-state index >= 15 is 0 Å². The van der Waals surface area contributed by atoms with E-state index < -0.39 is 4.92 Å². The Morgan fingerprint density at radius 3 is 2.24 bits per heavy atom. The third-order valence-corrected chi connectivity index (χ3v) is 2.40. The first kappa shape index (κ1) is 16.3. The van der Waals surface area contributed by atoms with E-state index in [4.69, 9.17) is 0 Å². The van der Waals surface area contributed by atoms with Gasteiger partial charge in [0.05, 0.1) is 16.3 Å². The number of nitro groups is 1. The molecule has 0 spiro atoms. The molecule has 0 atom stereocenters. The Balaban J connectivity index is 2.93. The molecule has 1 N–H and O–H groups in total. The number of rotatable bonds is 6. The molecule has 0 radical (unpaired) electrons. The van der Waals surface area contributed by atoms with E-state index in [1.807, 2.05) is 0 Å². The zero-order valence-electron chi connectivity index (χ0n) is 12.3. The molecule has 0 unspecified atom stereocenters. The summed E-state index contributed by atoms with van der Waals surface area (Å²) < 4.78 is 0. The minimum absolute atomic E-state index is 0.0123. The van der Waals surface area contributed by atoms with Gasteiger partial charge in [0.2, 0.25) is 0 Å². The van der Waals surface area contributed by atoms with Gasteiger partial charge in [0.1, 0.15) is 5.71 Å². The topological polar surface area (TPSA) is 100 Å². The van der Waals surface area contributed by atoms with Crippen LogP contribution in [0.5, 0.6) is 0 Å². The molecule has 8 nitrogen and oxygen atoms in total. The molecule has 112 valence electrons. The summed E-state index contributed by atoms with van der Waals surface area (Å²) in [5.41, 5.74) is 3.89. The molecule has 0 saturated heterocycles. The minimum atomic E-state index is -0.484. The van der Waals surface area contributed by atoms with Crippen molar-refractivity contribution in [3.8, 4) is 0 Å². The lowest BCUT2D eigenvalue weighted by molar-refractivity contribution is -0.384. The highest BCUT2D eigenvalue weighted by Crippen LogP contribution is 2.15. The Morgan fingerprint density at radius 1 is 1.24 bits per heavy atom. The number of nitrogens with one attached hydrogen (secondary N) is 1. The van der Waals surface area contributed by atoms with Gasteiger partial charge in [-0.2, -0.15) is 10.2 Å². The molecular formula is C13H17N5O3. The molecule has 21 heavy (non-hydrogen) atoms. The van der Waals surface area contributed by atoms with Gasteiger partial charge in [0.25, 0.3) is 5.69 Å². The summed E-state index contributed by atoms with van der Waals surface area (Å²) in [4.78, 5) is 21.6. The van der Waals surface area contributed by atoms with Crippen LogP contribution in [0.25, 0.3) is 0 Å². The summed E-state index contributed by atoms with van der Waals surface area (Å²) in [7, 11) is 3.48. The Labute approximate surface area is 122 Å². The van der Waals surface area contributed by atoms with Crippen LogP contribution < -0.4 is 5.43 Å². The number of benzene rings is 1. The van der Waals surface area contributed by atoms with Crippen LogP contribution in [0.1, 0.15) is 13.8 Å². The monoisotopic (exact) mass is 291 g/mol. The number of hydrogen-bond donors (Lipinski definition) is 1. The second kappa shape index (κ2) is 7.13. The third-order valence-electron chi connectivity index (χ3n) is 2.40. The van der Waals surface area contributed by atoms with Crippen molar-refractivity contribution in [2.45, 2.75) is 13.8 Å². The van der Waals surface area contributed by atoms with Gasteiger partial charge in [-0.3, -0.25) is 20.3 Å². The number of Topliss-reactive ketones (excluding diaryl/α,β-unsaturated/α-hetero) is 1. The van der Waals surface area contributed by atoms with Gasteiger partial charge in [-0.15, -0.1) is 0 Å². The Hall–Kier alpha value is -2.77. The number of nitro benzene ring substituents is 1. The van der Waals surface area contributed by atoms with Crippen LogP contribution in [-0.4, -0.2) is 41.2 Å². The molecule has 0 saturated carbocycles. The molecule has 0 aromatic heterocycles. The molecule has 1 rings (SSSR count). The summed E-state index contributed by atoms with van der Waals surface area (Å²) >= 11 is 0. The highest BCUT2D eigenvalue weighted by atomic mass is 16.6. The van der Waals surface area contributed by atoms with Crippen LogP contribution in [0.3, 0.4) is 0 Å². The molecule has 8 heteroatoms. The number of anilines is 1. The second-order valence-corrected chi connectivity index (χ2v) is 4.47. The Morgan fingerprint density at radius 2 is 1.81 bits per heavy atom. The maximum atomic E-state index is 11.6. The highest BCUT2D eigenvalue weighted by Gasteiger charge is 2.11. The van der Waals surface area contributed by atoms with E-state index in [1.54, 1.807) is 26.0 Å². The molecular weight excluding hydrogens is 274 g/mol. The minimum Gasteiger partial charge on any atom is -0.303 e. The lowest BCUT2D eigenvalue weighted by atomic mass is 10.2. The molecule has 0 aliphatic rings. The first-order valence-electron chi connectivity index (χ1n) is 6.13. The van der Waals surface area contributed by atoms with E-state index in [1.165, 1.54) is 31.2 Å². The predicted molar refractivity (Wildman–Crippen MR) is 81.6 cm³/mol. The summed E-state index contributed by atoms with van der Waals surface area (Å²) in [6.07, 6.45) is 0. The molecule has 0 fully saturated rings. The number of hydrazone groups is 2.